The number of nitrogens with one attached hydrogen (secondary N) is 7. The number of rotatable bonds is 19. The number of carboxylic acids is 1. The van der Waals surface area contributed by atoms with E-state index in [4.69, 9.17) is 25.1 Å². The highest BCUT2D eigenvalue weighted by Crippen LogP contribution is 2.29. The molecule has 10 N–H and O–H groups in total. The van der Waals surface area contributed by atoms with Gasteiger partial charge < -0.3 is 46.5 Å². The Kier molecular flexibility index (Phi) is 22.9. The molecular weight excluding hydrogens is 957 g/mol. The maximum Gasteiger partial charge on any atom is 0.408 e. The van der Waals surface area contributed by atoms with Crippen molar-refractivity contribution in [1.29, 1.82) is 0 Å². The first-order valence-electron chi connectivity index (χ1n) is 23.9. The summed E-state index contributed by atoms with van der Waals surface area (Å²) in [5.74, 6) is -4.45. The Balaban J connectivity index is 0.00000329. The van der Waals surface area contributed by atoms with Gasteiger partial charge in [-0.2, -0.15) is 0 Å². The third-order valence-corrected chi connectivity index (χ3v) is 13.1. The lowest BCUT2D eigenvalue weighted by molar-refractivity contribution is -0.141. The van der Waals surface area contributed by atoms with E-state index >= 15 is 0 Å². The molecule has 2 saturated heterocycles. The molecule has 2 aromatic rings. The Morgan fingerprint density at radius 3 is 2.11 bits per heavy atom. The number of carbonyl (C=O) groups excluding carboxylic acids is 7. The predicted molar refractivity (Wildman–Crippen MR) is 267 cm³/mol. The normalized spacial score (nSPS) is 18.2. The summed E-state index contributed by atoms with van der Waals surface area (Å²) in [7, 11) is -2.72. The number of aryl methyl sites for hydroxylation is 1. The molecule has 0 aliphatic carbocycles. The van der Waals surface area contributed by atoms with Crippen LogP contribution in [-0.4, -0.2) is 146 Å². The minimum absolute atomic E-state index is 0.0174. The van der Waals surface area contributed by atoms with Gasteiger partial charge in [0.2, 0.25) is 33.7 Å². The smallest absolute Gasteiger partial charge is 0.408 e. The van der Waals surface area contributed by atoms with Crippen molar-refractivity contribution in [1.82, 2.24) is 41.3 Å². The number of benzene rings is 2. The number of nitrogens with two attached hydrogens (primary N) is 1. The molecule has 2 aliphatic rings. The first-order chi connectivity index (χ1) is 33.7. The maximum absolute atomic E-state index is 14.4. The van der Waals surface area contributed by atoms with Crippen LogP contribution in [0.25, 0.3) is 0 Å². The molecule has 2 fully saturated rings. The number of hydrogen-bond acceptors (Lipinski definition) is 14. The molecule has 2 aromatic carbocycles. The predicted octanol–water partition coefficient (Wildman–Crippen LogP) is 1.89. The van der Waals surface area contributed by atoms with E-state index in [9.17, 15) is 42.0 Å². The van der Waals surface area contributed by atoms with Crippen molar-refractivity contribution >= 4 is 63.2 Å². The molecular formula is C48H74N10O13S. The summed E-state index contributed by atoms with van der Waals surface area (Å²) < 4.78 is 41.3. The van der Waals surface area contributed by atoms with Gasteiger partial charge in [-0.3, -0.25) is 49.3 Å². The van der Waals surface area contributed by atoms with Crippen LogP contribution in [0.1, 0.15) is 110 Å². The second-order valence-corrected chi connectivity index (χ2v) is 20.8. The molecule has 23 nitrogen and oxygen atoms in total. The highest BCUT2D eigenvalue weighted by Gasteiger charge is 2.45. The van der Waals surface area contributed by atoms with E-state index in [1.54, 1.807) is 57.7 Å². The van der Waals surface area contributed by atoms with Crippen LogP contribution in [0, 0.1) is 12.8 Å². The Morgan fingerprint density at radius 1 is 0.875 bits per heavy atom. The van der Waals surface area contributed by atoms with Gasteiger partial charge in [-0.05, 0) is 122 Å². The molecule has 72 heavy (non-hydrogen) atoms. The van der Waals surface area contributed by atoms with Crippen LogP contribution >= 0.6 is 0 Å². The number of piperidine rings is 1. The first kappa shape index (κ1) is 59.9. The van der Waals surface area contributed by atoms with Gasteiger partial charge in [-0.25, -0.2) is 17.9 Å². The number of hydrazine groups is 1. The van der Waals surface area contributed by atoms with Crippen LogP contribution in [0.3, 0.4) is 0 Å². The number of hydrogen-bond donors (Lipinski definition) is 9. The number of methoxy groups -OCH3 is 1. The van der Waals surface area contributed by atoms with Gasteiger partial charge in [0, 0.05) is 44.7 Å². The van der Waals surface area contributed by atoms with Crippen molar-refractivity contribution in [3.63, 3.8) is 0 Å². The molecule has 0 unspecified atom stereocenters. The number of ether oxygens (including phenoxy) is 2. The minimum atomic E-state index is -4.09. The number of carboxylic acid groups (broad SMARTS) is 1. The van der Waals surface area contributed by atoms with E-state index in [2.05, 4.69) is 36.8 Å². The van der Waals surface area contributed by atoms with Gasteiger partial charge >= 0.3 is 6.09 Å². The Morgan fingerprint density at radius 2 is 1.53 bits per heavy atom. The summed E-state index contributed by atoms with van der Waals surface area (Å²) in [5, 5.41) is 18.1. The van der Waals surface area contributed by atoms with Gasteiger partial charge in [-0.1, -0.05) is 31.5 Å². The number of amides is 7. The molecule has 4 rings (SSSR count). The van der Waals surface area contributed by atoms with Gasteiger partial charge in [0.1, 0.15) is 29.5 Å². The highest BCUT2D eigenvalue weighted by molar-refractivity contribution is 7.89. The second-order valence-electron chi connectivity index (χ2n) is 19.1. The quantitative estimate of drug-likeness (QED) is 0.0717. The average Bonchev–Trinajstić information content (AvgIpc) is 3.78. The number of carbonyl (C=O) groups is 8. The number of unbranched alkanes of at least 4 members (excludes halogenated alkanes) is 1. The molecule has 0 bridgehead atoms. The number of nitrogens with zero attached hydrogens (tertiary/aromatic N) is 2. The van der Waals surface area contributed by atoms with Crippen LogP contribution in [0.15, 0.2) is 47.4 Å². The first-order valence-corrected chi connectivity index (χ1v) is 25.3. The third-order valence-electron chi connectivity index (χ3n) is 11.6. The van der Waals surface area contributed by atoms with Crippen molar-refractivity contribution < 1.29 is 61.4 Å². The van der Waals surface area contributed by atoms with Crippen LogP contribution in [-0.2, 0) is 43.5 Å². The van der Waals surface area contributed by atoms with E-state index in [1.807, 2.05) is 11.8 Å². The Labute approximate surface area is 421 Å². The zero-order chi connectivity index (χ0) is 54.1. The molecule has 0 spiro atoms. The lowest BCUT2D eigenvalue weighted by atomic mass is 9.95. The van der Waals surface area contributed by atoms with E-state index < -0.39 is 99.4 Å². The van der Waals surface area contributed by atoms with Crippen LogP contribution in [0.2, 0.25) is 0 Å². The fourth-order valence-electron chi connectivity index (χ4n) is 8.06. The molecule has 400 valence electrons. The van der Waals surface area contributed by atoms with E-state index in [1.165, 1.54) is 45.2 Å². The van der Waals surface area contributed by atoms with Crippen molar-refractivity contribution in [2.45, 2.75) is 148 Å². The van der Waals surface area contributed by atoms with Gasteiger partial charge in [0.05, 0.1) is 23.6 Å². The fourth-order valence-corrected chi connectivity index (χ4v) is 9.37. The molecule has 0 saturated carbocycles. The highest BCUT2D eigenvalue weighted by atomic mass is 32.2. The summed E-state index contributed by atoms with van der Waals surface area (Å²) in [5.41, 5.74) is 10.9. The maximum atomic E-state index is 14.4. The number of likely N-dealkylation sites (tertiary alicyclic amines) is 2. The number of aliphatic carboxylic acids is 1. The molecule has 0 aromatic heterocycles. The Hall–Kier alpha value is -6.37. The van der Waals surface area contributed by atoms with E-state index in [0.29, 0.717) is 44.5 Å². The van der Waals surface area contributed by atoms with Crippen LogP contribution < -0.4 is 47.3 Å². The number of anilines is 1. The summed E-state index contributed by atoms with van der Waals surface area (Å²) in [6.45, 7) is 15.1. The van der Waals surface area contributed by atoms with E-state index in [0.717, 1.165) is 12.5 Å². The summed E-state index contributed by atoms with van der Waals surface area (Å²) in [6.07, 6.45) is 1.40. The van der Waals surface area contributed by atoms with E-state index in [-0.39, 0.29) is 48.0 Å². The topological polar surface area (TPSA) is 326 Å². The van der Waals surface area contributed by atoms with Crippen molar-refractivity contribution in [3.8, 4) is 5.75 Å². The zero-order valence-corrected chi connectivity index (χ0v) is 43.7. The van der Waals surface area contributed by atoms with Gasteiger partial charge in [-0.15, -0.1) is 0 Å². The van der Waals surface area contributed by atoms with Crippen LogP contribution in [0.5, 0.6) is 5.75 Å². The van der Waals surface area contributed by atoms with Crippen molar-refractivity contribution in [2.75, 3.05) is 38.6 Å². The molecule has 6 atom stereocenters. The lowest BCUT2D eigenvalue weighted by Crippen LogP contribution is -2.66. The molecule has 2 heterocycles. The second kappa shape index (κ2) is 27.5. The average molecular weight is 1030 g/mol. The monoisotopic (exact) mass is 1030 g/mol. The summed E-state index contributed by atoms with van der Waals surface area (Å²) in [4.78, 5) is 106. The van der Waals surface area contributed by atoms with Gasteiger partial charge in [0.25, 0.3) is 17.8 Å². The SMILES string of the molecule is CC(=O)O.COc1ccc(NC(C)=O)cc1C(=O)NNC(=O)[C@H](CCCCN)NC(=O)[C@@H]1CCCN1[C@@H]1CN(C(=O)[C@@H](NC(=O)[C@H](C)NC(=O)OC(C)(C)C)C(C)C)CC[C@H]1NS(=O)(=O)c1ccc(C)cc1. The molecule has 0 radical (unpaired) electrons. The van der Waals surface area contributed by atoms with Crippen LogP contribution in [0.4, 0.5) is 10.5 Å². The third kappa shape index (κ3) is 18.7. The molecule has 7 amide bonds. The molecule has 24 heteroatoms. The summed E-state index contributed by atoms with van der Waals surface area (Å²) in [6, 6.07) is 5.22. The van der Waals surface area contributed by atoms with Crippen molar-refractivity contribution in [2.24, 2.45) is 11.7 Å². The molecule has 2 aliphatic heterocycles. The van der Waals surface area contributed by atoms with Gasteiger partial charge in [0.15, 0.2) is 0 Å². The largest absolute Gasteiger partial charge is 0.496 e. The minimum Gasteiger partial charge on any atom is -0.496 e. The fraction of sp³-hybridized carbons (Fsp3) is 0.583. The Bertz CT molecular complexity index is 2340. The number of alkyl carbamates (subject to hydrolysis) is 1. The summed E-state index contributed by atoms with van der Waals surface area (Å²) >= 11 is 0. The number of sulfonamides is 1. The standard InChI is InChI=1S/C46H70N10O11S.C2H4O2/c1-27(2)39(51-40(58)29(4)48-45(63)67-46(6,7)8)44(62)55-24-21-34(54-68(64,65)32-18-15-28(3)16-19-32)37(26-55)56-23-12-14-36(56)43(61)50-35(13-10-11-22-47)42(60)53-52-41(59)33-25-31(49-30(5)57)17-20-38(33)66-9;1-2(3)4/h15-20,25,27,29,34-37,39,54H,10-14,21-24,26,47H2,1-9H3,(H,48,63)(H,49,57)(H,50,61)(H,51,58)(H,52,59)(H,53,60);1H3,(H,3,4)/t29-,34+,35-,36-,37+,39-;/m0./s1. The van der Waals surface area contributed by atoms with Crippen molar-refractivity contribution in [3.05, 3.63) is 53.6 Å². The lowest BCUT2D eigenvalue weighted by Gasteiger charge is -2.45. The zero-order valence-electron chi connectivity index (χ0n) is 42.9.